The van der Waals surface area contributed by atoms with Gasteiger partial charge in [-0.05, 0) is 18.1 Å². The van der Waals surface area contributed by atoms with E-state index in [-0.39, 0.29) is 0 Å². The second-order valence-corrected chi connectivity index (χ2v) is 4.17. The first-order valence-corrected chi connectivity index (χ1v) is 5.15. The van der Waals surface area contributed by atoms with E-state index in [4.69, 9.17) is 5.73 Å². The van der Waals surface area contributed by atoms with Crippen LogP contribution in [0.15, 0.2) is 0 Å². The molecule has 2 heteroatoms. The molecule has 0 spiro atoms. The highest BCUT2D eigenvalue weighted by atomic mass is 32.2. The van der Waals surface area contributed by atoms with E-state index in [1.807, 2.05) is 11.8 Å². The van der Waals surface area contributed by atoms with Gasteiger partial charge in [0.2, 0.25) is 0 Å². The third-order valence-electron chi connectivity index (χ3n) is 1.31. The van der Waals surface area contributed by atoms with Crippen LogP contribution in [0.4, 0.5) is 0 Å². The molecule has 2 N–H and O–H groups in total. The molecule has 0 aromatic carbocycles. The van der Waals surface area contributed by atoms with Gasteiger partial charge in [0.15, 0.2) is 0 Å². The summed E-state index contributed by atoms with van der Waals surface area (Å²) in [5.74, 6) is 3.16. The molecule has 0 fully saturated rings. The van der Waals surface area contributed by atoms with Crippen molar-refractivity contribution in [3.8, 4) is 0 Å². The lowest BCUT2D eigenvalue weighted by atomic mass is 10.3. The van der Waals surface area contributed by atoms with Gasteiger partial charge < -0.3 is 5.73 Å². The Hall–Kier alpha value is 0.310. The van der Waals surface area contributed by atoms with Crippen LogP contribution in [-0.4, -0.2) is 17.5 Å². The van der Waals surface area contributed by atoms with Gasteiger partial charge in [-0.3, -0.25) is 0 Å². The highest BCUT2D eigenvalue weighted by molar-refractivity contribution is 7.99. The van der Waals surface area contributed by atoms with Crippen LogP contribution in [0.25, 0.3) is 0 Å². The summed E-state index contributed by atoms with van der Waals surface area (Å²) in [7, 11) is 0. The maximum Gasteiger partial charge on any atom is 0.0127 e. The standard InChI is InChI=1S/C8H19NS/c1-4-8(9)6-10-5-7(2)3/h7-8H,4-6,9H2,1-3H3/t8-/m0/s1. The van der Waals surface area contributed by atoms with Gasteiger partial charge in [-0.15, -0.1) is 0 Å². The number of hydrogen-bond donors (Lipinski definition) is 1. The molecule has 0 heterocycles. The summed E-state index contributed by atoms with van der Waals surface area (Å²) < 4.78 is 0. The second-order valence-electron chi connectivity index (χ2n) is 3.10. The minimum Gasteiger partial charge on any atom is -0.327 e. The fraction of sp³-hybridized carbons (Fsp3) is 1.00. The molecule has 62 valence electrons. The first kappa shape index (κ1) is 10.3. The number of hydrogen-bond acceptors (Lipinski definition) is 2. The molecule has 0 aliphatic heterocycles. The van der Waals surface area contributed by atoms with Crippen LogP contribution >= 0.6 is 11.8 Å². The van der Waals surface area contributed by atoms with Gasteiger partial charge >= 0.3 is 0 Å². The molecule has 0 unspecified atom stereocenters. The van der Waals surface area contributed by atoms with Gasteiger partial charge in [-0.2, -0.15) is 11.8 Å². The minimum absolute atomic E-state index is 0.406. The van der Waals surface area contributed by atoms with Gasteiger partial charge in [0.25, 0.3) is 0 Å². The summed E-state index contributed by atoms with van der Waals surface area (Å²) in [6, 6.07) is 0.406. The largest absolute Gasteiger partial charge is 0.327 e. The van der Waals surface area contributed by atoms with E-state index in [2.05, 4.69) is 20.8 Å². The Labute approximate surface area is 68.8 Å². The lowest BCUT2D eigenvalue weighted by Crippen LogP contribution is -2.21. The van der Waals surface area contributed by atoms with Crippen molar-refractivity contribution in [1.82, 2.24) is 0 Å². The maximum atomic E-state index is 5.74. The predicted molar refractivity (Wildman–Crippen MR) is 50.4 cm³/mol. The van der Waals surface area contributed by atoms with E-state index in [0.29, 0.717) is 6.04 Å². The van der Waals surface area contributed by atoms with Crippen molar-refractivity contribution < 1.29 is 0 Å². The van der Waals surface area contributed by atoms with Crippen LogP contribution in [-0.2, 0) is 0 Å². The summed E-state index contributed by atoms with van der Waals surface area (Å²) >= 11 is 1.97. The van der Waals surface area contributed by atoms with Crippen LogP contribution in [0.2, 0.25) is 0 Å². The molecular weight excluding hydrogens is 142 g/mol. The monoisotopic (exact) mass is 161 g/mol. The molecule has 0 radical (unpaired) electrons. The molecule has 0 amide bonds. The number of nitrogens with two attached hydrogens (primary N) is 1. The van der Waals surface area contributed by atoms with E-state index in [9.17, 15) is 0 Å². The zero-order valence-corrected chi connectivity index (χ0v) is 8.08. The summed E-state index contributed by atoms with van der Waals surface area (Å²) in [6.07, 6.45) is 1.10. The summed E-state index contributed by atoms with van der Waals surface area (Å²) in [4.78, 5) is 0. The smallest absolute Gasteiger partial charge is 0.0127 e. The van der Waals surface area contributed by atoms with Gasteiger partial charge in [0.1, 0.15) is 0 Å². The molecule has 0 aromatic heterocycles. The van der Waals surface area contributed by atoms with Crippen LogP contribution in [0, 0.1) is 5.92 Å². The molecule has 1 nitrogen and oxygen atoms in total. The topological polar surface area (TPSA) is 26.0 Å². The molecular formula is C8H19NS. The molecule has 1 atom stereocenters. The quantitative estimate of drug-likeness (QED) is 0.668. The van der Waals surface area contributed by atoms with Crippen LogP contribution in [0.1, 0.15) is 27.2 Å². The first-order valence-electron chi connectivity index (χ1n) is 4.00. The maximum absolute atomic E-state index is 5.74. The van der Waals surface area contributed by atoms with Crippen molar-refractivity contribution in [2.24, 2.45) is 11.7 Å². The second kappa shape index (κ2) is 6.05. The molecule has 0 aromatic rings. The molecule has 0 aliphatic rings. The van der Waals surface area contributed by atoms with E-state index < -0.39 is 0 Å². The molecule has 0 rings (SSSR count). The Balaban J connectivity index is 3.03. The van der Waals surface area contributed by atoms with Crippen molar-refractivity contribution in [1.29, 1.82) is 0 Å². The lowest BCUT2D eigenvalue weighted by molar-refractivity contribution is 0.716. The van der Waals surface area contributed by atoms with Crippen molar-refractivity contribution in [2.75, 3.05) is 11.5 Å². The van der Waals surface area contributed by atoms with Crippen LogP contribution < -0.4 is 5.73 Å². The molecule has 0 saturated heterocycles. The Morgan fingerprint density at radius 3 is 2.30 bits per heavy atom. The Morgan fingerprint density at radius 1 is 1.30 bits per heavy atom. The molecule has 0 aliphatic carbocycles. The molecule has 10 heavy (non-hydrogen) atoms. The van der Waals surface area contributed by atoms with Gasteiger partial charge in [0, 0.05) is 11.8 Å². The molecule has 0 saturated carbocycles. The summed E-state index contributed by atoms with van der Waals surface area (Å²) in [6.45, 7) is 6.62. The van der Waals surface area contributed by atoms with E-state index in [0.717, 1.165) is 18.1 Å². The van der Waals surface area contributed by atoms with Gasteiger partial charge in [0.05, 0.1) is 0 Å². The summed E-state index contributed by atoms with van der Waals surface area (Å²) in [5.41, 5.74) is 5.74. The Bertz CT molecular complexity index is 73.7. The van der Waals surface area contributed by atoms with Crippen LogP contribution in [0.3, 0.4) is 0 Å². The average molecular weight is 161 g/mol. The third-order valence-corrected chi connectivity index (χ3v) is 2.87. The fourth-order valence-electron chi connectivity index (χ4n) is 0.573. The third kappa shape index (κ3) is 6.43. The highest BCUT2D eigenvalue weighted by Gasteiger charge is 1.99. The van der Waals surface area contributed by atoms with Gasteiger partial charge in [-0.1, -0.05) is 20.8 Å². The predicted octanol–water partition coefficient (Wildman–Crippen LogP) is 2.11. The van der Waals surface area contributed by atoms with Crippen LogP contribution in [0.5, 0.6) is 0 Å². The normalized spacial score (nSPS) is 14.1. The van der Waals surface area contributed by atoms with Crippen molar-refractivity contribution in [3.05, 3.63) is 0 Å². The highest BCUT2D eigenvalue weighted by Crippen LogP contribution is 2.08. The lowest BCUT2D eigenvalue weighted by Gasteiger charge is -2.08. The molecule has 0 bridgehead atoms. The first-order chi connectivity index (χ1) is 4.66. The zero-order chi connectivity index (χ0) is 7.98. The number of thioether (sulfide) groups is 1. The Morgan fingerprint density at radius 2 is 1.90 bits per heavy atom. The van der Waals surface area contributed by atoms with E-state index >= 15 is 0 Å². The van der Waals surface area contributed by atoms with E-state index in [1.165, 1.54) is 5.75 Å². The van der Waals surface area contributed by atoms with Crippen molar-refractivity contribution >= 4 is 11.8 Å². The number of rotatable bonds is 5. The zero-order valence-electron chi connectivity index (χ0n) is 7.26. The minimum atomic E-state index is 0.406. The Kier molecular flexibility index (Phi) is 6.24. The van der Waals surface area contributed by atoms with E-state index in [1.54, 1.807) is 0 Å². The fourth-order valence-corrected chi connectivity index (χ4v) is 1.72. The summed E-state index contributed by atoms with van der Waals surface area (Å²) in [5, 5.41) is 0. The average Bonchev–Trinajstić information content (AvgIpc) is 1.87. The van der Waals surface area contributed by atoms with Crippen molar-refractivity contribution in [2.45, 2.75) is 33.2 Å². The van der Waals surface area contributed by atoms with Gasteiger partial charge in [-0.25, -0.2) is 0 Å². The SMILES string of the molecule is CC[C@H](N)CSCC(C)C. The van der Waals surface area contributed by atoms with Crippen molar-refractivity contribution in [3.63, 3.8) is 0 Å².